The van der Waals surface area contributed by atoms with Crippen molar-refractivity contribution < 1.29 is 18.8 Å². The molecular weight excluding hydrogens is 393 g/mol. The lowest BCUT2D eigenvalue weighted by molar-refractivity contribution is -0.144. The molecule has 7 nitrogen and oxygen atoms in total. The van der Waals surface area contributed by atoms with Gasteiger partial charge < -0.3 is 14.0 Å². The Bertz CT molecular complexity index is 903. The molecule has 0 radical (unpaired) electrons. The van der Waals surface area contributed by atoms with Crippen LogP contribution in [0.25, 0.3) is 11.5 Å². The number of ether oxygens (including phenoxy) is 2. The molecule has 0 spiro atoms. The van der Waals surface area contributed by atoms with Crippen molar-refractivity contribution in [2.45, 2.75) is 12.8 Å². The summed E-state index contributed by atoms with van der Waals surface area (Å²) in [4.78, 5) is 20.1. The van der Waals surface area contributed by atoms with Gasteiger partial charge in [-0.15, -0.1) is 0 Å². The molecule has 2 aromatic heterocycles. The van der Waals surface area contributed by atoms with E-state index >= 15 is 0 Å². The summed E-state index contributed by atoms with van der Waals surface area (Å²) in [7, 11) is 0. The van der Waals surface area contributed by atoms with Gasteiger partial charge in [-0.1, -0.05) is 34.4 Å². The lowest BCUT2D eigenvalue weighted by Crippen LogP contribution is -2.12. The molecule has 140 valence electrons. The fourth-order valence-corrected chi connectivity index (χ4v) is 2.60. The van der Waals surface area contributed by atoms with Gasteiger partial charge in [0.15, 0.2) is 0 Å². The Balaban J connectivity index is 1.38. The molecule has 0 aliphatic rings. The van der Waals surface area contributed by atoms with E-state index in [9.17, 15) is 4.79 Å². The third kappa shape index (κ3) is 5.67. The number of rotatable bonds is 8. The number of hydrogen-bond donors (Lipinski definition) is 0. The maximum Gasteiger partial charge on any atom is 0.306 e. The van der Waals surface area contributed by atoms with E-state index in [-0.39, 0.29) is 26.1 Å². The first-order chi connectivity index (χ1) is 13.1. The van der Waals surface area contributed by atoms with Crippen LogP contribution in [0.4, 0.5) is 0 Å². The molecule has 0 saturated carbocycles. The number of aromatic nitrogens is 3. The van der Waals surface area contributed by atoms with Crippen LogP contribution in [0.15, 0.2) is 47.1 Å². The second-order valence-corrected chi connectivity index (χ2v) is 6.21. The van der Waals surface area contributed by atoms with Gasteiger partial charge in [0, 0.05) is 17.6 Å². The first-order valence-corrected chi connectivity index (χ1v) is 8.85. The first-order valence-electron chi connectivity index (χ1n) is 8.09. The van der Waals surface area contributed by atoms with Crippen molar-refractivity contribution in [3.8, 4) is 17.3 Å². The van der Waals surface area contributed by atoms with Gasteiger partial charge in [0.2, 0.25) is 11.7 Å². The number of carbonyl (C=O) groups is 1. The maximum atomic E-state index is 11.8. The highest BCUT2D eigenvalue weighted by Crippen LogP contribution is 2.27. The van der Waals surface area contributed by atoms with Crippen molar-refractivity contribution in [2.24, 2.45) is 0 Å². The average Bonchev–Trinajstić information content (AvgIpc) is 3.15. The maximum absolute atomic E-state index is 11.8. The van der Waals surface area contributed by atoms with Crippen LogP contribution in [0.5, 0.6) is 5.75 Å². The van der Waals surface area contributed by atoms with Gasteiger partial charge >= 0.3 is 5.97 Å². The van der Waals surface area contributed by atoms with E-state index in [0.717, 1.165) is 0 Å². The Hall–Kier alpha value is -2.64. The highest BCUT2D eigenvalue weighted by molar-refractivity contribution is 6.35. The third-order valence-electron chi connectivity index (χ3n) is 3.40. The molecule has 0 atom stereocenters. The SMILES string of the molecule is O=C(CCc1nc(-c2ccccn2)no1)OCCOc1ccc(Cl)cc1Cl. The predicted molar refractivity (Wildman–Crippen MR) is 98.8 cm³/mol. The van der Waals surface area contributed by atoms with Crippen molar-refractivity contribution in [1.29, 1.82) is 0 Å². The molecular formula is C18H15Cl2N3O4. The lowest BCUT2D eigenvalue weighted by Gasteiger charge is -2.08. The van der Waals surface area contributed by atoms with Gasteiger partial charge in [-0.2, -0.15) is 4.98 Å². The van der Waals surface area contributed by atoms with Crippen LogP contribution in [0, 0.1) is 0 Å². The largest absolute Gasteiger partial charge is 0.488 e. The average molecular weight is 408 g/mol. The van der Waals surface area contributed by atoms with Crippen LogP contribution in [0.3, 0.4) is 0 Å². The first kappa shape index (κ1) is 19.1. The molecule has 0 aliphatic carbocycles. The summed E-state index contributed by atoms with van der Waals surface area (Å²) in [6, 6.07) is 10.3. The van der Waals surface area contributed by atoms with Crippen LogP contribution < -0.4 is 4.74 Å². The zero-order valence-corrected chi connectivity index (χ0v) is 15.6. The molecule has 0 fully saturated rings. The summed E-state index contributed by atoms with van der Waals surface area (Å²) in [5.41, 5.74) is 0.605. The Morgan fingerprint density at radius 3 is 2.81 bits per heavy atom. The molecule has 0 saturated heterocycles. The number of nitrogens with zero attached hydrogens (tertiary/aromatic N) is 3. The van der Waals surface area contributed by atoms with E-state index < -0.39 is 5.97 Å². The minimum Gasteiger partial charge on any atom is -0.488 e. The summed E-state index contributed by atoms with van der Waals surface area (Å²) in [6.45, 7) is 0.276. The summed E-state index contributed by atoms with van der Waals surface area (Å²) < 4.78 is 15.7. The van der Waals surface area contributed by atoms with Crippen LogP contribution in [0.1, 0.15) is 12.3 Å². The van der Waals surface area contributed by atoms with Crippen molar-refractivity contribution in [2.75, 3.05) is 13.2 Å². The molecule has 9 heteroatoms. The van der Waals surface area contributed by atoms with Gasteiger partial charge in [-0.05, 0) is 30.3 Å². The molecule has 0 bridgehead atoms. The minimum atomic E-state index is -0.390. The normalized spacial score (nSPS) is 10.6. The number of benzene rings is 1. The highest BCUT2D eigenvalue weighted by atomic mass is 35.5. The Morgan fingerprint density at radius 1 is 1.15 bits per heavy atom. The van der Waals surface area contributed by atoms with E-state index in [1.807, 2.05) is 6.07 Å². The van der Waals surface area contributed by atoms with Gasteiger partial charge in [0.25, 0.3) is 0 Å². The number of hydrogen-bond acceptors (Lipinski definition) is 7. The third-order valence-corrected chi connectivity index (χ3v) is 3.93. The zero-order valence-electron chi connectivity index (χ0n) is 14.1. The molecule has 1 aromatic carbocycles. The van der Waals surface area contributed by atoms with Crippen molar-refractivity contribution in [3.63, 3.8) is 0 Å². The van der Waals surface area contributed by atoms with E-state index in [0.29, 0.717) is 33.2 Å². The monoisotopic (exact) mass is 407 g/mol. The molecule has 3 aromatic rings. The van der Waals surface area contributed by atoms with E-state index in [4.69, 9.17) is 37.2 Å². The standard InChI is InChI=1S/C18H15Cl2N3O4/c19-12-4-5-15(13(20)11-12)25-9-10-26-17(24)7-6-16-22-18(23-27-16)14-3-1-2-8-21-14/h1-5,8,11H,6-7,9-10H2. The fraction of sp³-hybridized carbons (Fsp3) is 0.222. The van der Waals surface area contributed by atoms with Gasteiger partial charge in [0.1, 0.15) is 24.7 Å². The number of aryl methyl sites for hydroxylation is 1. The van der Waals surface area contributed by atoms with Gasteiger partial charge in [0.05, 0.1) is 11.4 Å². The summed E-state index contributed by atoms with van der Waals surface area (Å²) in [5, 5.41) is 4.76. The van der Waals surface area contributed by atoms with Crippen LogP contribution in [0.2, 0.25) is 10.0 Å². The number of pyridine rings is 1. The highest BCUT2D eigenvalue weighted by Gasteiger charge is 2.12. The van der Waals surface area contributed by atoms with Gasteiger partial charge in [-0.3, -0.25) is 9.78 Å². The molecule has 0 amide bonds. The van der Waals surface area contributed by atoms with Crippen LogP contribution in [-0.2, 0) is 16.0 Å². The smallest absolute Gasteiger partial charge is 0.306 e. The lowest BCUT2D eigenvalue weighted by atomic mass is 10.3. The van der Waals surface area contributed by atoms with E-state index in [1.165, 1.54) is 0 Å². The van der Waals surface area contributed by atoms with Crippen LogP contribution in [-0.4, -0.2) is 34.3 Å². The van der Waals surface area contributed by atoms with Crippen molar-refractivity contribution >= 4 is 29.2 Å². The topological polar surface area (TPSA) is 87.3 Å². The summed E-state index contributed by atoms with van der Waals surface area (Å²) in [5.74, 6) is 0.812. The summed E-state index contributed by atoms with van der Waals surface area (Å²) in [6.07, 6.45) is 2.04. The fourth-order valence-electron chi connectivity index (χ4n) is 2.14. The molecule has 0 aliphatic heterocycles. The van der Waals surface area contributed by atoms with E-state index in [1.54, 1.807) is 36.5 Å². The number of halogens is 2. The molecule has 2 heterocycles. The second kappa shape index (κ2) is 9.34. The predicted octanol–water partition coefficient (Wildman–Crippen LogP) is 3.99. The second-order valence-electron chi connectivity index (χ2n) is 5.37. The Morgan fingerprint density at radius 2 is 2.04 bits per heavy atom. The van der Waals surface area contributed by atoms with Crippen molar-refractivity contribution in [1.82, 2.24) is 15.1 Å². The number of esters is 1. The molecule has 0 unspecified atom stereocenters. The number of carbonyl (C=O) groups excluding carboxylic acids is 1. The quantitative estimate of drug-likeness (QED) is 0.411. The molecule has 0 N–H and O–H groups in total. The Kier molecular flexibility index (Phi) is 6.62. The van der Waals surface area contributed by atoms with Crippen LogP contribution >= 0.6 is 23.2 Å². The molecule has 3 rings (SSSR count). The summed E-state index contributed by atoms with van der Waals surface area (Å²) >= 11 is 11.8. The minimum absolute atomic E-state index is 0.0980. The zero-order chi connectivity index (χ0) is 19.1. The van der Waals surface area contributed by atoms with E-state index in [2.05, 4.69) is 15.1 Å². The van der Waals surface area contributed by atoms with Crippen molar-refractivity contribution in [3.05, 3.63) is 58.5 Å². The molecule has 27 heavy (non-hydrogen) atoms. The Labute approximate surface area is 165 Å². The van der Waals surface area contributed by atoms with Gasteiger partial charge in [-0.25, -0.2) is 0 Å².